The molecule has 2 aromatic carbocycles. The zero-order valence-electron chi connectivity index (χ0n) is 17.1. The van der Waals surface area contributed by atoms with Crippen molar-refractivity contribution in [3.8, 4) is 17.1 Å². The number of para-hydroxylation sites is 2. The highest BCUT2D eigenvalue weighted by Crippen LogP contribution is 2.31. The number of aromatic nitrogens is 3. The Bertz CT molecular complexity index is 1140. The standard InChI is InChI=1S/C23H23N5O3/c29-21(14-28-18-9-3-4-10-19(18)31-15-22(28)30)24-17-8-6-7-16(13-17)23-26-25-20-11-2-1-5-12-27(20)23/h3-4,6-10,13H,1-2,5,11-12,14-15H2,(H,24,29). The lowest BCUT2D eigenvalue weighted by Crippen LogP contribution is -2.43. The fraction of sp³-hybridized carbons (Fsp3) is 0.304. The van der Waals surface area contributed by atoms with E-state index in [1.165, 1.54) is 11.3 Å². The molecule has 2 amide bonds. The van der Waals surface area contributed by atoms with Gasteiger partial charge in [-0.15, -0.1) is 10.2 Å². The van der Waals surface area contributed by atoms with Crippen molar-refractivity contribution in [2.24, 2.45) is 0 Å². The van der Waals surface area contributed by atoms with Crippen molar-refractivity contribution in [2.45, 2.75) is 32.2 Å². The Morgan fingerprint density at radius 1 is 1.06 bits per heavy atom. The molecule has 0 aliphatic carbocycles. The largest absolute Gasteiger partial charge is 0.482 e. The SMILES string of the molecule is O=C(CN1C(=O)COc2ccccc21)Nc1cccc(-c2nnc3n2CCCCC3)c1. The highest BCUT2D eigenvalue weighted by Gasteiger charge is 2.27. The number of benzene rings is 2. The third-order valence-electron chi connectivity index (χ3n) is 5.62. The van der Waals surface area contributed by atoms with Gasteiger partial charge < -0.3 is 14.6 Å². The normalized spacial score (nSPS) is 15.5. The number of anilines is 2. The smallest absolute Gasteiger partial charge is 0.265 e. The lowest BCUT2D eigenvalue weighted by Gasteiger charge is -2.28. The van der Waals surface area contributed by atoms with Crippen LogP contribution in [0.1, 0.15) is 25.1 Å². The number of fused-ring (bicyclic) bond motifs is 2. The maximum absolute atomic E-state index is 12.7. The fourth-order valence-electron chi connectivity index (χ4n) is 4.11. The van der Waals surface area contributed by atoms with E-state index < -0.39 is 0 Å². The quantitative estimate of drug-likeness (QED) is 0.705. The Morgan fingerprint density at radius 3 is 2.90 bits per heavy atom. The molecule has 5 rings (SSSR count). The van der Waals surface area contributed by atoms with Gasteiger partial charge in [-0.2, -0.15) is 0 Å². The van der Waals surface area contributed by atoms with Crippen molar-refractivity contribution in [3.63, 3.8) is 0 Å². The Hall–Kier alpha value is -3.68. The van der Waals surface area contributed by atoms with Gasteiger partial charge in [-0.3, -0.25) is 14.5 Å². The van der Waals surface area contributed by atoms with Crippen molar-refractivity contribution in [3.05, 3.63) is 54.4 Å². The first-order valence-electron chi connectivity index (χ1n) is 10.5. The molecule has 0 saturated carbocycles. The first-order chi connectivity index (χ1) is 15.2. The van der Waals surface area contributed by atoms with Crippen LogP contribution in [0.4, 0.5) is 11.4 Å². The van der Waals surface area contributed by atoms with Gasteiger partial charge in [-0.05, 0) is 37.1 Å². The van der Waals surface area contributed by atoms with E-state index in [2.05, 4.69) is 20.1 Å². The number of ether oxygens (including phenoxy) is 1. The monoisotopic (exact) mass is 417 g/mol. The molecular formula is C23H23N5O3. The van der Waals surface area contributed by atoms with Gasteiger partial charge >= 0.3 is 0 Å². The molecule has 0 spiro atoms. The topological polar surface area (TPSA) is 89.3 Å². The number of nitrogens with one attached hydrogen (secondary N) is 1. The maximum Gasteiger partial charge on any atom is 0.265 e. The average molecular weight is 417 g/mol. The minimum absolute atomic E-state index is 0.0717. The summed E-state index contributed by atoms with van der Waals surface area (Å²) >= 11 is 0. The third-order valence-corrected chi connectivity index (χ3v) is 5.62. The predicted octanol–water partition coefficient (Wildman–Crippen LogP) is 3.04. The number of aryl methyl sites for hydroxylation is 1. The van der Waals surface area contributed by atoms with Crippen LogP contribution in [0.2, 0.25) is 0 Å². The second-order valence-corrected chi connectivity index (χ2v) is 7.77. The Morgan fingerprint density at radius 2 is 1.97 bits per heavy atom. The minimum Gasteiger partial charge on any atom is -0.482 e. The van der Waals surface area contributed by atoms with Crippen LogP contribution in [0.3, 0.4) is 0 Å². The number of carbonyl (C=O) groups excluding carboxylic acids is 2. The van der Waals surface area contributed by atoms with E-state index >= 15 is 0 Å². The van der Waals surface area contributed by atoms with Gasteiger partial charge in [0.1, 0.15) is 18.1 Å². The molecule has 1 N–H and O–H groups in total. The molecule has 158 valence electrons. The van der Waals surface area contributed by atoms with Crippen molar-refractivity contribution in [1.82, 2.24) is 14.8 Å². The Balaban J connectivity index is 1.33. The van der Waals surface area contributed by atoms with Crippen LogP contribution in [-0.4, -0.2) is 39.7 Å². The number of hydrogen-bond acceptors (Lipinski definition) is 5. The van der Waals surface area contributed by atoms with E-state index in [0.717, 1.165) is 43.0 Å². The van der Waals surface area contributed by atoms with E-state index in [-0.39, 0.29) is 25.0 Å². The van der Waals surface area contributed by atoms with Gasteiger partial charge in [0.05, 0.1) is 5.69 Å². The fourth-order valence-corrected chi connectivity index (χ4v) is 4.11. The lowest BCUT2D eigenvalue weighted by atomic mass is 10.2. The second-order valence-electron chi connectivity index (χ2n) is 7.77. The van der Waals surface area contributed by atoms with E-state index in [9.17, 15) is 9.59 Å². The average Bonchev–Trinajstić information content (AvgIpc) is 3.04. The van der Waals surface area contributed by atoms with Crippen molar-refractivity contribution >= 4 is 23.2 Å². The van der Waals surface area contributed by atoms with Gasteiger partial charge in [0.25, 0.3) is 5.91 Å². The number of carbonyl (C=O) groups is 2. The molecule has 8 heteroatoms. The van der Waals surface area contributed by atoms with Crippen LogP contribution in [0.5, 0.6) is 5.75 Å². The summed E-state index contributed by atoms with van der Waals surface area (Å²) in [5.41, 5.74) is 2.17. The highest BCUT2D eigenvalue weighted by atomic mass is 16.5. The number of nitrogens with zero attached hydrogens (tertiary/aromatic N) is 4. The number of hydrogen-bond donors (Lipinski definition) is 1. The zero-order chi connectivity index (χ0) is 21.2. The van der Waals surface area contributed by atoms with Crippen molar-refractivity contribution in [2.75, 3.05) is 23.4 Å². The second kappa shape index (κ2) is 8.22. The van der Waals surface area contributed by atoms with Gasteiger partial charge in [-0.1, -0.05) is 30.7 Å². The lowest BCUT2D eigenvalue weighted by molar-refractivity contribution is -0.123. The summed E-state index contributed by atoms with van der Waals surface area (Å²) in [4.78, 5) is 26.5. The van der Waals surface area contributed by atoms with Crippen LogP contribution >= 0.6 is 0 Å². The van der Waals surface area contributed by atoms with Crippen LogP contribution in [0.25, 0.3) is 11.4 Å². The Kier molecular flexibility index (Phi) is 5.11. The van der Waals surface area contributed by atoms with E-state index in [0.29, 0.717) is 17.1 Å². The van der Waals surface area contributed by atoms with Gasteiger partial charge in [0.15, 0.2) is 12.4 Å². The molecule has 3 aromatic rings. The molecule has 8 nitrogen and oxygen atoms in total. The summed E-state index contributed by atoms with van der Waals surface area (Å²) in [6.07, 6.45) is 4.39. The van der Waals surface area contributed by atoms with Crippen LogP contribution in [0.15, 0.2) is 48.5 Å². The maximum atomic E-state index is 12.7. The molecule has 0 atom stereocenters. The molecule has 3 heterocycles. The predicted molar refractivity (Wildman–Crippen MR) is 116 cm³/mol. The molecule has 31 heavy (non-hydrogen) atoms. The molecule has 0 saturated heterocycles. The molecule has 0 radical (unpaired) electrons. The number of rotatable bonds is 4. The summed E-state index contributed by atoms with van der Waals surface area (Å²) in [5.74, 6) is 1.93. The molecule has 0 unspecified atom stereocenters. The summed E-state index contributed by atoms with van der Waals surface area (Å²) in [6.45, 7) is 0.758. The zero-order valence-corrected chi connectivity index (χ0v) is 17.1. The van der Waals surface area contributed by atoms with Gasteiger partial charge in [-0.25, -0.2) is 0 Å². The Labute approximate surface area is 179 Å². The molecule has 0 bridgehead atoms. The van der Waals surface area contributed by atoms with Crippen LogP contribution in [-0.2, 0) is 22.6 Å². The van der Waals surface area contributed by atoms with E-state index in [1.54, 1.807) is 12.1 Å². The molecule has 1 aromatic heterocycles. The van der Waals surface area contributed by atoms with E-state index in [1.807, 2.05) is 36.4 Å². The molecule has 2 aliphatic rings. The first-order valence-corrected chi connectivity index (χ1v) is 10.5. The minimum atomic E-state index is -0.276. The molecule has 2 aliphatic heterocycles. The van der Waals surface area contributed by atoms with Crippen LogP contribution < -0.4 is 15.0 Å². The first kappa shape index (κ1) is 19.3. The van der Waals surface area contributed by atoms with Crippen molar-refractivity contribution < 1.29 is 14.3 Å². The van der Waals surface area contributed by atoms with Gasteiger partial charge in [0.2, 0.25) is 5.91 Å². The third kappa shape index (κ3) is 3.88. The molecular weight excluding hydrogens is 394 g/mol. The highest BCUT2D eigenvalue weighted by molar-refractivity contribution is 6.05. The summed E-state index contributed by atoms with van der Waals surface area (Å²) < 4.78 is 7.62. The molecule has 0 fully saturated rings. The summed E-state index contributed by atoms with van der Waals surface area (Å²) in [7, 11) is 0. The van der Waals surface area contributed by atoms with Gasteiger partial charge in [0, 0.05) is 24.2 Å². The van der Waals surface area contributed by atoms with E-state index in [4.69, 9.17) is 4.74 Å². The number of amides is 2. The summed E-state index contributed by atoms with van der Waals surface area (Å²) in [5, 5.41) is 11.7. The summed E-state index contributed by atoms with van der Waals surface area (Å²) in [6, 6.07) is 14.8. The van der Waals surface area contributed by atoms with Crippen molar-refractivity contribution in [1.29, 1.82) is 0 Å². The van der Waals surface area contributed by atoms with Crippen LogP contribution in [0, 0.1) is 0 Å².